The van der Waals surface area contributed by atoms with Crippen LogP contribution in [0.25, 0.3) is 88.4 Å². The van der Waals surface area contributed by atoms with Crippen LogP contribution in [-0.4, -0.2) is 9.13 Å². The summed E-state index contributed by atoms with van der Waals surface area (Å²) in [4.78, 5) is 0. The summed E-state index contributed by atoms with van der Waals surface area (Å²) < 4.78 is 51.7. The van der Waals surface area contributed by atoms with E-state index in [0.717, 1.165) is 66.0 Å². The first kappa shape index (κ1) is 35.1. The molecule has 0 saturated heterocycles. The second kappa shape index (κ2) is 13.4. The topological polar surface area (TPSA) is 33.6 Å². The lowest BCUT2D eigenvalue weighted by atomic mass is 9.97. The number of nitrogens with zero attached hydrogens (tertiary/aromatic N) is 3. The molecule has 10 aromatic rings. The Morgan fingerprint density at radius 1 is 0.431 bits per heavy atom. The minimum absolute atomic E-state index is 0.00224. The molecule has 58 heavy (non-hydrogen) atoms. The second-order valence-corrected chi connectivity index (χ2v) is 15.0. The van der Waals surface area contributed by atoms with Crippen molar-refractivity contribution in [1.82, 2.24) is 9.13 Å². The fourth-order valence-electron chi connectivity index (χ4n) is 8.63. The molecule has 2 heterocycles. The van der Waals surface area contributed by atoms with E-state index in [9.17, 15) is 5.26 Å². The monoisotopic (exact) mass is 757 g/mol. The zero-order valence-corrected chi connectivity index (χ0v) is 31.6. The number of benzene rings is 8. The lowest BCUT2D eigenvalue weighted by Crippen LogP contribution is -2.13. The van der Waals surface area contributed by atoms with Crippen molar-refractivity contribution in [3.8, 4) is 50.8 Å². The largest absolute Gasteiger partial charge is 0.418 e. The lowest BCUT2D eigenvalue weighted by Gasteiger charge is -2.22. The Labute approximate surface area is 333 Å². The molecule has 8 aromatic carbocycles. The molecular weight excluding hydrogens is 724 g/mol. The Kier molecular flexibility index (Phi) is 8.10. The third kappa shape index (κ3) is 5.74. The standard InChI is InChI=1S/C52H34F3N3/c1-32-10-7-13-35(24-32)37-20-22-42-40-16-3-5-18-46(40)57(48(42)27-37)50-30-45(52(53,54)55)51(29-44(50)39-15-9-12-34(26-39)31-56)58-47-19-6-4-17-41(47)43-23-21-38(28-49(43)58)36-14-8-11-33(2)25-36/h3-30H,1-2H3. The van der Waals surface area contributed by atoms with Crippen molar-refractivity contribution >= 4 is 43.6 Å². The first-order chi connectivity index (χ1) is 28.2. The van der Waals surface area contributed by atoms with E-state index in [1.54, 1.807) is 28.8 Å². The van der Waals surface area contributed by atoms with E-state index >= 15 is 13.2 Å². The van der Waals surface area contributed by atoms with Crippen molar-refractivity contribution in [2.45, 2.75) is 20.0 Å². The van der Waals surface area contributed by atoms with Crippen LogP contribution >= 0.6 is 0 Å². The first-order valence-corrected chi connectivity index (χ1v) is 19.1. The summed E-state index contributed by atoms with van der Waals surface area (Å²) in [6, 6.07) is 56.4. The highest BCUT2D eigenvalue weighted by Gasteiger charge is 2.37. The number of aryl methyl sites for hydroxylation is 2. The minimum atomic E-state index is -4.74. The smallest absolute Gasteiger partial charge is 0.309 e. The molecule has 3 nitrogen and oxygen atoms in total. The molecule has 0 aliphatic rings. The van der Waals surface area contributed by atoms with Crippen molar-refractivity contribution in [2.75, 3.05) is 0 Å². The number of fused-ring (bicyclic) bond motifs is 6. The van der Waals surface area contributed by atoms with Crippen LogP contribution < -0.4 is 0 Å². The molecule has 10 rings (SSSR count). The van der Waals surface area contributed by atoms with E-state index in [1.165, 1.54) is 6.07 Å². The molecule has 0 aliphatic heterocycles. The summed E-state index contributed by atoms with van der Waals surface area (Å²) in [5, 5.41) is 13.6. The van der Waals surface area contributed by atoms with Gasteiger partial charge in [0.25, 0.3) is 0 Å². The predicted molar refractivity (Wildman–Crippen MR) is 231 cm³/mol. The van der Waals surface area contributed by atoms with E-state index in [4.69, 9.17) is 0 Å². The number of alkyl halides is 3. The van der Waals surface area contributed by atoms with Crippen LogP contribution in [0.3, 0.4) is 0 Å². The van der Waals surface area contributed by atoms with Gasteiger partial charge in [-0.2, -0.15) is 18.4 Å². The third-order valence-corrected chi connectivity index (χ3v) is 11.3. The number of rotatable bonds is 5. The SMILES string of the molecule is Cc1cccc(-c2ccc3c4ccccc4n(-c4cc(C(F)(F)F)c(-n5c6ccccc6c6ccc(-c7cccc(C)c7)cc65)cc4-c4cccc(C#N)c4)c3c2)c1. The van der Waals surface area contributed by atoms with Crippen molar-refractivity contribution in [3.63, 3.8) is 0 Å². The van der Waals surface area contributed by atoms with Gasteiger partial charge < -0.3 is 9.13 Å². The number of halogens is 3. The molecule has 0 N–H and O–H groups in total. The van der Waals surface area contributed by atoms with Crippen LogP contribution in [0.2, 0.25) is 0 Å². The maximum atomic E-state index is 16.0. The average Bonchev–Trinajstić information content (AvgIpc) is 3.75. The summed E-state index contributed by atoms with van der Waals surface area (Å²) in [7, 11) is 0. The zero-order chi connectivity index (χ0) is 39.7. The quantitative estimate of drug-likeness (QED) is 0.172. The van der Waals surface area contributed by atoms with E-state index in [1.807, 2.05) is 128 Å². The average molecular weight is 758 g/mol. The van der Waals surface area contributed by atoms with Gasteiger partial charge in [-0.05, 0) is 90.2 Å². The van der Waals surface area contributed by atoms with Crippen molar-refractivity contribution in [2.24, 2.45) is 0 Å². The second-order valence-electron chi connectivity index (χ2n) is 15.0. The molecule has 0 amide bonds. The zero-order valence-electron chi connectivity index (χ0n) is 31.6. The highest BCUT2D eigenvalue weighted by Crippen LogP contribution is 2.46. The van der Waals surface area contributed by atoms with Gasteiger partial charge in [-0.25, -0.2) is 0 Å². The van der Waals surface area contributed by atoms with Gasteiger partial charge in [0.2, 0.25) is 0 Å². The number of nitriles is 1. The van der Waals surface area contributed by atoms with Gasteiger partial charge >= 0.3 is 6.18 Å². The summed E-state index contributed by atoms with van der Waals surface area (Å²) in [5.41, 5.74) is 10.1. The van der Waals surface area contributed by atoms with Gasteiger partial charge in [0.15, 0.2) is 0 Å². The molecule has 278 valence electrons. The molecule has 0 saturated carbocycles. The molecule has 0 unspecified atom stereocenters. The van der Waals surface area contributed by atoms with Crippen LogP contribution in [0.15, 0.2) is 170 Å². The molecule has 2 aromatic heterocycles. The number of aromatic nitrogens is 2. The fourth-order valence-corrected chi connectivity index (χ4v) is 8.63. The van der Waals surface area contributed by atoms with Gasteiger partial charge in [0.1, 0.15) is 0 Å². The molecule has 0 spiro atoms. The number of hydrogen-bond acceptors (Lipinski definition) is 1. The maximum Gasteiger partial charge on any atom is 0.418 e. The minimum Gasteiger partial charge on any atom is -0.309 e. The maximum absolute atomic E-state index is 16.0. The fraction of sp³-hybridized carbons (Fsp3) is 0.0577. The molecule has 0 atom stereocenters. The summed E-state index contributed by atoms with van der Waals surface area (Å²) in [5.74, 6) is 0. The highest BCUT2D eigenvalue weighted by molar-refractivity contribution is 6.12. The van der Waals surface area contributed by atoms with Gasteiger partial charge in [-0.15, -0.1) is 0 Å². The molecular formula is C52H34F3N3. The Bertz CT molecular complexity index is 3320. The first-order valence-electron chi connectivity index (χ1n) is 19.1. The van der Waals surface area contributed by atoms with Gasteiger partial charge in [-0.1, -0.05) is 132 Å². The summed E-state index contributed by atoms with van der Waals surface area (Å²) in [6.45, 7) is 4.07. The van der Waals surface area contributed by atoms with Crippen molar-refractivity contribution < 1.29 is 13.2 Å². The van der Waals surface area contributed by atoms with Crippen LogP contribution in [0.1, 0.15) is 22.3 Å². The predicted octanol–water partition coefficient (Wildman–Crippen LogP) is 14.4. The Morgan fingerprint density at radius 3 is 1.45 bits per heavy atom. The summed E-state index contributed by atoms with van der Waals surface area (Å²) in [6.07, 6.45) is -4.74. The van der Waals surface area contributed by atoms with Crippen LogP contribution in [-0.2, 0) is 6.18 Å². The number of para-hydroxylation sites is 2. The van der Waals surface area contributed by atoms with E-state index < -0.39 is 11.7 Å². The van der Waals surface area contributed by atoms with E-state index in [0.29, 0.717) is 33.4 Å². The van der Waals surface area contributed by atoms with Crippen LogP contribution in [0.4, 0.5) is 13.2 Å². The summed E-state index contributed by atoms with van der Waals surface area (Å²) >= 11 is 0. The van der Waals surface area contributed by atoms with E-state index in [-0.39, 0.29) is 5.69 Å². The molecule has 0 radical (unpaired) electrons. The van der Waals surface area contributed by atoms with Crippen LogP contribution in [0.5, 0.6) is 0 Å². The molecule has 0 bridgehead atoms. The molecule has 6 heteroatoms. The Balaban J connectivity index is 1.34. The lowest BCUT2D eigenvalue weighted by molar-refractivity contribution is -0.137. The Morgan fingerprint density at radius 2 is 0.914 bits per heavy atom. The van der Waals surface area contributed by atoms with E-state index in [2.05, 4.69) is 36.4 Å². The normalized spacial score (nSPS) is 11.9. The molecule has 0 fully saturated rings. The van der Waals surface area contributed by atoms with Gasteiger partial charge in [0, 0.05) is 27.1 Å². The molecule has 0 aliphatic carbocycles. The third-order valence-electron chi connectivity index (χ3n) is 11.3. The Hall–Kier alpha value is -7.36. The van der Waals surface area contributed by atoms with Crippen molar-refractivity contribution in [3.05, 3.63) is 192 Å². The van der Waals surface area contributed by atoms with Crippen LogP contribution in [0, 0.1) is 25.2 Å². The number of hydrogen-bond donors (Lipinski definition) is 0. The van der Waals surface area contributed by atoms with Gasteiger partial charge in [-0.3, -0.25) is 0 Å². The van der Waals surface area contributed by atoms with Gasteiger partial charge in [0.05, 0.1) is 50.6 Å². The highest BCUT2D eigenvalue weighted by atomic mass is 19.4. The van der Waals surface area contributed by atoms with Crippen molar-refractivity contribution in [1.29, 1.82) is 5.26 Å².